The zero-order chi connectivity index (χ0) is 11.3. The van der Waals surface area contributed by atoms with Crippen molar-refractivity contribution in [2.75, 3.05) is 23.9 Å². The molecule has 0 spiro atoms. The summed E-state index contributed by atoms with van der Waals surface area (Å²) in [6.07, 6.45) is 2.24. The zero-order valence-corrected chi connectivity index (χ0v) is 9.71. The van der Waals surface area contributed by atoms with E-state index >= 15 is 0 Å². The Balaban J connectivity index is 2.64. The van der Waals surface area contributed by atoms with E-state index in [-0.39, 0.29) is 6.10 Å². The average Bonchev–Trinajstić information content (AvgIpc) is 2.25. The Morgan fingerprint density at radius 1 is 1.60 bits per heavy atom. The van der Waals surface area contributed by atoms with Gasteiger partial charge in [0.25, 0.3) is 0 Å². The molecule has 0 amide bonds. The maximum Gasteiger partial charge on any atom is 0.191 e. The van der Waals surface area contributed by atoms with Crippen LogP contribution in [0.4, 0.5) is 11.6 Å². The van der Waals surface area contributed by atoms with Gasteiger partial charge in [-0.25, -0.2) is 9.97 Å². The second-order valence-corrected chi connectivity index (χ2v) is 3.88. The Kier molecular flexibility index (Phi) is 4.64. The maximum atomic E-state index is 9.37. The monoisotopic (exact) mass is 228 g/mol. The van der Waals surface area contributed by atoms with Gasteiger partial charge in [0.05, 0.1) is 6.10 Å². The number of nitrogen functional groups attached to an aromatic ring is 1. The summed E-state index contributed by atoms with van der Waals surface area (Å²) in [5.41, 5.74) is 5.61. The molecule has 1 heterocycles. The summed E-state index contributed by atoms with van der Waals surface area (Å²) in [7, 11) is 0. The van der Waals surface area contributed by atoms with Crippen LogP contribution in [0, 0.1) is 0 Å². The van der Waals surface area contributed by atoms with Gasteiger partial charge < -0.3 is 16.2 Å². The maximum absolute atomic E-state index is 9.37. The van der Waals surface area contributed by atoms with Gasteiger partial charge in [0.1, 0.15) is 11.6 Å². The fraction of sp³-hybridized carbons (Fsp3) is 0.556. The normalized spacial score (nSPS) is 12.5. The van der Waals surface area contributed by atoms with Gasteiger partial charge in [-0.05, 0) is 12.7 Å². The molecule has 1 aromatic heterocycles. The number of nitrogens with one attached hydrogen (secondary N) is 1. The molecule has 1 aromatic rings. The number of nitrogens with zero attached hydrogens (tertiary/aromatic N) is 2. The summed E-state index contributed by atoms with van der Waals surface area (Å²) in [5, 5.41) is 13.0. The van der Waals surface area contributed by atoms with E-state index in [0.29, 0.717) is 29.8 Å². The lowest BCUT2D eigenvalue weighted by atomic mass is 10.3. The van der Waals surface area contributed by atoms with E-state index in [2.05, 4.69) is 15.3 Å². The first kappa shape index (κ1) is 12.1. The van der Waals surface area contributed by atoms with Crippen LogP contribution in [0.5, 0.6) is 0 Å². The SMILES string of the molecule is CCC(O)CNc1cc(N)nc(SC)n1. The summed E-state index contributed by atoms with van der Waals surface area (Å²) in [5.74, 6) is 1.09. The highest BCUT2D eigenvalue weighted by Gasteiger charge is 2.04. The number of aromatic nitrogens is 2. The second kappa shape index (κ2) is 5.77. The number of hydrogen-bond donors (Lipinski definition) is 3. The van der Waals surface area contributed by atoms with E-state index in [9.17, 15) is 5.11 Å². The van der Waals surface area contributed by atoms with E-state index in [1.54, 1.807) is 6.07 Å². The van der Waals surface area contributed by atoms with Crippen LogP contribution in [0.1, 0.15) is 13.3 Å². The van der Waals surface area contributed by atoms with Gasteiger partial charge >= 0.3 is 0 Å². The first-order valence-corrected chi connectivity index (χ1v) is 5.98. The van der Waals surface area contributed by atoms with Crippen molar-refractivity contribution in [3.8, 4) is 0 Å². The molecule has 0 aliphatic rings. The van der Waals surface area contributed by atoms with Crippen LogP contribution in [0.25, 0.3) is 0 Å². The topological polar surface area (TPSA) is 84.1 Å². The molecule has 1 unspecified atom stereocenters. The Morgan fingerprint density at radius 2 is 2.33 bits per heavy atom. The number of thioether (sulfide) groups is 1. The molecule has 0 aliphatic carbocycles. The molecule has 5 nitrogen and oxygen atoms in total. The third kappa shape index (κ3) is 3.93. The molecule has 1 atom stereocenters. The van der Waals surface area contributed by atoms with Gasteiger partial charge in [-0.1, -0.05) is 18.7 Å². The number of hydrogen-bond acceptors (Lipinski definition) is 6. The van der Waals surface area contributed by atoms with Crippen LogP contribution < -0.4 is 11.1 Å². The number of aliphatic hydroxyl groups is 1. The van der Waals surface area contributed by atoms with Crippen molar-refractivity contribution in [2.45, 2.75) is 24.6 Å². The van der Waals surface area contributed by atoms with Crippen molar-refractivity contribution >= 4 is 23.4 Å². The predicted molar refractivity (Wildman–Crippen MR) is 63.0 cm³/mol. The van der Waals surface area contributed by atoms with Gasteiger partial charge in [0.2, 0.25) is 0 Å². The molecule has 0 aromatic carbocycles. The van der Waals surface area contributed by atoms with Crippen LogP contribution in [0.3, 0.4) is 0 Å². The van der Waals surface area contributed by atoms with Crippen molar-refractivity contribution in [1.29, 1.82) is 0 Å². The van der Waals surface area contributed by atoms with Crippen LogP contribution in [0.15, 0.2) is 11.2 Å². The predicted octanol–water partition coefficient (Wildman–Crippen LogP) is 0.964. The molecule has 0 saturated carbocycles. The van der Waals surface area contributed by atoms with Gasteiger partial charge in [-0.15, -0.1) is 0 Å². The molecule has 0 bridgehead atoms. The molecule has 0 radical (unpaired) electrons. The smallest absolute Gasteiger partial charge is 0.191 e. The first-order chi connectivity index (χ1) is 7.15. The van der Waals surface area contributed by atoms with E-state index in [0.717, 1.165) is 0 Å². The van der Waals surface area contributed by atoms with Crippen LogP contribution >= 0.6 is 11.8 Å². The fourth-order valence-electron chi connectivity index (χ4n) is 0.992. The molecular formula is C9H16N4OS. The Labute approximate surface area is 93.5 Å². The summed E-state index contributed by atoms with van der Waals surface area (Å²) < 4.78 is 0. The minimum atomic E-state index is -0.362. The number of nitrogens with two attached hydrogens (primary N) is 1. The standard InChI is InChI=1S/C9H16N4OS/c1-3-6(14)5-11-8-4-7(10)12-9(13-8)15-2/h4,6,14H,3,5H2,1-2H3,(H3,10,11,12,13). The largest absolute Gasteiger partial charge is 0.391 e. The average molecular weight is 228 g/mol. The summed E-state index contributed by atoms with van der Waals surface area (Å²) in [6.45, 7) is 2.40. The van der Waals surface area contributed by atoms with Crippen LogP contribution in [-0.2, 0) is 0 Å². The molecule has 1 rings (SSSR count). The third-order valence-corrected chi connectivity index (χ3v) is 2.45. The highest BCUT2D eigenvalue weighted by molar-refractivity contribution is 7.98. The molecule has 0 saturated heterocycles. The quantitative estimate of drug-likeness (QED) is 0.514. The van der Waals surface area contributed by atoms with Crippen molar-refractivity contribution in [3.05, 3.63) is 6.07 Å². The van der Waals surface area contributed by atoms with Crippen LogP contribution in [-0.4, -0.2) is 34.0 Å². The van der Waals surface area contributed by atoms with Crippen LogP contribution in [0.2, 0.25) is 0 Å². The molecule has 84 valence electrons. The van der Waals surface area contributed by atoms with Gasteiger partial charge in [0.15, 0.2) is 5.16 Å². The lowest BCUT2D eigenvalue weighted by molar-refractivity contribution is 0.183. The highest BCUT2D eigenvalue weighted by Crippen LogP contribution is 2.15. The summed E-state index contributed by atoms with van der Waals surface area (Å²) in [6, 6.07) is 1.65. The van der Waals surface area contributed by atoms with Gasteiger partial charge in [-0.3, -0.25) is 0 Å². The minimum Gasteiger partial charge on any atom is -0.391 e. The molecule has 4 N–H and O–H groups in total. The fourth-order valence-corrected chi connectivity index (χ4v) is 1.38. The minimum absolute atomic E-state index is 0.362. The van der Waals surface area contributed by atoms with E-state index in [1.807, 2.05) is 13.2 Å². The molecule has 0 aliphatic heterocycles. The van der Waals surface area contributed by atoms with E-state index < -0.39 is 0 Å². The summed E-state index contributed by atoms with van der Waals surface area (Å²) in [4.78, 5) is 8.23. The first-order valence-electron chi connectivity index (χ1n) is 4.76. The second-order valence-electron chi connectivity index (χ2n) is 3.11. The van der Waals surface area contributed by atoms with Crippen molar-refractivity contribution in [3.63, 3.8) is 0 Å². The molecule has 0 fully saturated rings. The Hall–Kier alpha value is -1.01. The van der Waals surface area contributed by atoms with E-state index in [4.69, 9.17) is 5.73 Å². The lowest BCUT2D eigenvalue weighted by Gasteiger charge is -2.10. The van der Waals surface area contributed by atoms with Gasteiger partial charge in [0, 0.05) is 12.6 Å². The lowest BCUT2D eigenvalue weighted by Crippen LogP contribution is -2.19. The number of aliphatic hydroxyl groups excluding tert-OH is 1. The molecule has 15 heavy (non-hydrogen) atoms. The van der Waals surface area contributed by atoms with Crippen molar-refractivity contribution in [2.24, 2.45) is 0 Å². The third-order valence-electron chi connectivity index (χ3n) is 1.90. The Morgan fingerprint density at radius 3 is 2.93 bits per heavy atom. The van der Waals surface area contributed by atoms with E-state index in [1.165, 1.54) is 11.8 Å². The Bertz CT molecular complexity index is 321. The number of rotatable bonds is 5. The highest BCUT2D eigenvalue weighted by atomic mass is 32.2. The van der Waals surface area contributed by atoms with Crippen molar-refractivity contribution < 1.29 is 5.11 Å². The molecular weight excluding hydrogens is 212 g/mol. The summed E-state index contributed by atoms with van der Waals surface area (Å²) >= 11 is 1.43. The van der Waals surface area contributed by atoms with Crippen molar-refractivity contribution in [1.82, 2.24) is 9.97 Å². The number of anilines is 2. The van der Waals surface area contributed by atoms with Gasteiger partial charge in [-0.2, -0.15) is 0 Å². The zero-order valence-electron chi connectivity index (χ0n) is 8.90. The molecule has 6 heteroatoms.